The van der Waals surface area contributed by atoms with Crippen molar-refractivity contribution in [1.29, 1.82) is 0 Å². The van der Waals surface area contributed by atoms with Crippen LogP contribution in [-0.4, -0.2) is 32.7 Å². The highest BCUT2D eigenvalue weighted by molar-refractivity contribution is 7.09. The minimum atomic E-state index is -1.43. The Morgan fingerprint density at radius 2 is 1.93 bits per heavy atom. The van der Waals surface area contributed by atoms with Crippen LogP contribution in [0.3, 0.4) is 0 Å². The molecule has 0 spiro atoms. The molecule has 7 heteroatoms. The summed E-state index contributed by atoms with van der Waals surface area (Å²) in [6.07, 6.45) is 0.533. The van der Waals surface area contributed by atoms with Gasteiger partial charge in [-0.15, -0.1) is 11.3 Å². The molecule has 29 heavy (non-hydrogen) atoms. The quantitative estimate of drug-likeness (QED) is 0.756. The lowest BCUT2D eigenvalue weighted by molar-refractivity contribution is -0.265. The lowest BCUT2D eigenvalue weighted by Crippen LogP contribution is -2.52. The molecule has 1 aliphatic carbocycles. The molecule has 3 fully saturated rings. The summed E-state index contributed by atoms with van der Waals surface area (Å²) in [5, 5.41) is 22.9. The van der Waals surface area contributed by atoms with E-state index in [-0.39, 0.29) is 29.6 Å². The second-order valence-electron chi connectivity index (χ2n) is 8.40. The first-order chi connectivity index (χ1) is 13.9. The lowest BCUT2D eigenvalue weighted by atomic mass is 9.65. The van der Waals surface area contributed by atoms with Crippen molar-refractivity contribution in [2.24, 2.45) is 23.7 Å². The van der Waals surface area contributed by atoms with Gasteiger partial charge in [0.1, 0.15) is 5.75 Å². The Bertz CT molecular complexity index is 943. The molecule has 2 amide bonds. The van der Waals surface area contributed by atoms with Crippen molar-refractivity contribution in [3.8, 4) is 5.75 Å². The van der Waals surface area contributed by atoms with Crippen LogP contribution < -0.4 is 0 Å². The van der Waals surface area contributed by atoms with Gasteiger partial charge in [0.05, 0.1) is 24.5 Å². The molecule has 2 N–H and O–H groups in total. The molecule has 5 rings (SSSR count). The zero-order valence-corrected chi connectivity index (χ0v) is 16.8. The summed E-state index contributed by atoms with van der Waals surface area (Å²) in [4.78, 5) is 28.7. The van der Waals surface area contributed by atoms with E-state index in [9.17, 15) is 19.8 Å². The first-order valence-electron chi connectivity index (χ1n) is 9.95. The molecule has 1 aromatic heterocycles. The van der Waals surface area contributed by atoms with Gasteiger partial charge in [0.2, 0.25) is 11.8 Å². The van der Waals surface area contributed by atoms with E-state index in [0.717, 1.165) is 10.4 Å². The van der Waals surface area contributed by atoms with Gasteiger partial charge in [-0.2, -0.15) is 0 Å². The maximum absolute atomic E-state index is 13.3. The normalized spacial score (nSPS) is 36.3. The number of phenolic OH excluding ortho intramolecular Hbond substituents is 1. The fourth-order valence-corrected chi connectivity index (χ4v) is 6.01. The van der Waals surface area contributed by atoms with Gasteiger partial charge in [-0.3, -0.25) is 14.5 Å². The smallest absolute Gasteiger partial charge is 0.233 e. The van der Waals surface area contributed by atoms with Gasteiger partial charge in [0.25, 0.3) is 0 Å². The second kappa shape index (κ2) is 6.65. The minimum Gasteiger partial charge on any atom is -0.508 e. The zero-order chi connectivity index (χ0) is 20.3. The minimum absolute atomic E-state index is 0.129. The monoisotopic (exact) mass is 413 g/mol. The highest BCUT2D eigenvalue weighted by Gasteiger charge is 2.65. The Labute approximate surface area is 172 Å². The van der Waals surface area contributed by atoms with E-state index in [4.69, 9.17) is 4.74 Å². The fraction of sp³-hybridized carbons (Fsp3) is 0.455. The van der Waals surface area contributed by atoms with E-state index in [2.05, 4.69) is 0 Å². The van der Waals surface area contributed by atoms with Crippen molar-refractivity contribution in [1.82, 2.24) is 4.90 Å². The van der Waals surface area contributed by atoms with Crippen molar-refractivity contribution in [3.05, 3.63) is 52.2 Å². The SMILES string of the molecule is C[C@H]1C[C@@H]2C(=O)N(Cc3cccs3)C(=O)[C@@H]2[C@@H]2C[C@@H](c3ccc(O)cc3)O[C@]12O. The Morgan fingerprint density at radius 1 is 1.17 bits per heavy atom. The van der Waals surface area contributed by atoms with E-state index in [1.54, 1.807) is 24.3 Å². The molecule has 1 aromatic carbocycles. The van der Waals surface area contributed by atoms with Crippen molar-refractivity contribution >= 4 is 23.2 Å². The third-order valence-electron chi connectivity index (χ3n) is 6.80. The van der Waals surface area contributed by atoms with Crippen molar-refractivity contribution in [2.75, 3.05) is 0 Å². The van der Waals surface area contributed by atoms with E-state index in [1.165, 1.54) is 16.2 Å². The van der Waals surface area contributed by atoms with Gasteiger partial charge in [0, 0.05) is 16.7 Å². The highest BCUT2D eigenvalue weighted by Crippen LogP contribution is 2.58. The van der Waals surface area contributed by atoms with E-state index < -0.39 is 23.5 Å². The molecule has 2 saturated heterocycles. The van der Waals surface area contributed by atoms with Crippen LogP contribution in [0.25, 0.3) is 0 Å². The summed E-state index contributed by atoms with van der Waals surface area (Å²) in [6, 6.07) is 10.5. The summed E-state index contributed by atoms with van der Waals surface area (Å²) in [5.41, 5.74) is 0.849. The highest BCUT2D eigenvalue weighted by atomic mass is 32.1. The number of thiophene rings is 1. The molecule has 0 unspecified atom stereocenters. The summed E-state index contributed by atoms with van der Waals surface area (Å²) in [5.74, 6) is -3.23. The Balaban J connectivity index is 1.45. The summed E-state index contributed by atoms with van der Waals surface area (Å²) >= 11 is 1.52. The van der Waals surface area contributed by atoms with Crippen molar-refractivity contribution in [3.63, 3.8) is 0 Å². The number of aliphatic hydroxyl groups is 1. The number of carbonyl (C=O) groups is 2. The number of nitrogens with zero attached hydrogens (tertiary/aromatic N) is 1. The van der Waals surface area contributed by atoms with E-state index in [1.807, 2.05) is 24.4 Å². The number of rotatable bonds is 3. The molecular weight excluding hydrogens is 390 g/mol. The number of likely N-dealkylation sites (tertiary alicyclic amines) is 1. The van der Waals surface area contributed by atoms with Gasteiger partial charge in [-0.1, -0.05) is 25.1 Å². The van der Waals surface area contributed by atoms with E-state index in [0.29, 0.717) is 19.4 Å². The number of ether oxygens (including phenoxy) is 1. The number of hydrogen-bond donors (Lipinski definition) is 2. The van der Waals surface area contributed by atoms with Gasteiger partial charge < -0.3 is 14.9 Å². The Hall–Kier alpha value is -2.22. The standard InChI is InChI=1S/C22H23NO5S/c1-12-9-16-19(21(26)23(20(16)25)11-15-3-2-8-29-15)17-10-18(28-22(12,17)27)13-4-6-14(24)7-5-13/h2-8,12,16-19,24,27H,9-11H2,1H3/t12-,16-,17-,18-,19-,22+/m0/s1. The summed E-state index contributed by atoms with van der Waals surface area (Å²) in [7, 11) is 0. The number of fused-ring (bicyclic) bond motifs is 3. The molecule has 6 atom stereocenters. The largest absolute Gasteiger partial charge is 0.508 e. The third kappa shape index (κ3) is 2.83. The first kappa shape index (κ1) is 18.8. The number of aromatic hydroxyl groups is 1. The number of carbonyl (C=O) groups excluding carboxylic acids is 2. The van der Waals surface area contributed by atoms with Crippen LogP contribution in [0.4, 0.5) is 0 Å². The zero-order valence-electron chi connectivity index (χ0n) is 16.0. The van der Waals surface area contributed by atoms with Gasteiger partial charge in [0.15, 0.2) is 5.79 Å². The van der Waals surface area contributed by atoms with Gasteiger partial charge in [-0.05, 0) is 42.0 Å². The van der Waals surface area contributed by atoms with Crippen LogP contribution in [-0.2, 0) is 20.9 Å². The van der Waals surface area contributed by atoms with Gasteiger partial charge in [-0.25, -0.2) is 0 Å². The number of amides is 2. The maximum Gasteiger partial charge on any atom is 0.233 e. The number of phenols is 1. The summed E-state index contributed by atoms with van der Waals surface area (Å²) in [6.45, 7) is 2.19. The van der Waals surface area contributed by atoms with Crippen LogP contribution in [0.2, 0.25) is 0 Å². The van der Waals surface area contributed by atoms with Crippen LogP contribution in [0, 0.1) is 23.7 Å². The predicted octanol–water partition coefficient (Wildman–Crippen LogP) is 3.06. The van der Waals surface area contributed by atoms with Crippen LogP contribution in [0.15, 0.2) is 41.8 Å². The van der Waals surface area contributed by atoms with Crippen molar-refractivity contribution < 1.29 is 24.5 Å². The van der Waals surface area contributed by atoms with Crippen LogP contribution in [0.1, 0.15) is 36.3 Å². The second-order valence-corrected chi connectivity index (χ2v) is 9.44. The van der Waals surface area contributed by atoms with Crippen LogP contribution in [0.5, 0.6) is 5.75 Å². The maximum atomic E-state index is 13.3. The molecule has 2 aromatic rings. The number of hydrogen-bond acceptors (Lipinski definition) is 6. The Morgan fingerprint density at radius 3 is 2.62 bits per heavy atom. The molecule has 2 aliphatic heterocycles. The van der Waals surface area contributed by atoms with E-state index >= 15 is 0 Å². The predicted molar refractivity (Wildman–Crippen MR) is 106 cm³/mol. The topological polar surface area (TPSA) is 87.1 Å². The van der Waals surface area contributed by atoms with Crippen LogP contribution >= 0.6 is 11.3 Å². The molecule has 152 valence electrons. The molecular formula is C22H23NO5S. The average Bonchev–Trinajstić information content (AvgIpc) is 3.38. The lowest BCUT2D eigenvalue weighted by Gasteiger charge is -2.43. The average molecular weight is 413 g/mol. The fourth-order valence-electron chi connectivity index (χ4n) is 5.32. The first-order valence-corrected chi connectivity index (χ1v) is 10.8. The molecule has 3 aliphatic rings. The summed E-state index contributed by atoms with van der Waals surface area (Å²) < 4.78 is 6.12. The van der Waals surface area contributed by atoms with Crippen molar-refractivity contribution in [2.45, 2.75) is 38.2 Å². The number of benzene rings is 1. The molecule has 6 nitrogen and oxygen atoms in total. The molecule has 0 radical (unpaired) electrons. The third-order valence-corrected chi connectivity index (χ3v) is 7.67. The van der Waals surface area contributed by atoms with Gasteiger partial charge >= 0.3 is 0 Å². The number of imide groups is 1. The molecule has 1 saturated carbocycles. The molecule has 0 bridgehead atoms. The molecule has 3 heterocycles. The Kier molecular flexibility index (Phi) is 4.31.